The minimum Gasteiger partial charge on any atom is -0.380 e. The summed E-state index contributed by atoms with van der Waals surface area (Å²) >= 11 is 0. The van der Waals surface area contributed by atoms with E-state index >= 15 is 0 Å². The Morgan fingerprint density at radius 2 is 1.89 bits per heavy atom. The number of nitrogen functional groups attached to an aromatic ring is 1. The van der Waals surface area contributed by atoms with Crippen LogP contribution in [-0.2, 0) is 0 Å². The first-order chi connectivity index (χ1) is 9.25. The van der Waals surface area contributed by atoms with Gasteiger partial charge in [-0.3, -0.25) is 4.79 Å². The predicted molar refractivity (Wildman–Crippen MR) is 70.2 cm³/mol. The summed E-state index contributed by atoms with van der Waals surface area (Å²) in [6.45, 7) is 0. The quantitative estimate of drug-likeness (QED) is 0.725. The van der Waals surface area contributed by atoms with E-state index in [9.17, 15) is 4.79 Å². The molecule has 94 valence electrons. The molecule has 0 spiro atoms. The van der Waals surface area contributed by atoms with E-state index < -0.39 is 0 Å². The second-order valence-corrected chi connectivity index (χ2v) is 3.94. The van der Waals surface area contributed by atoms with Gasteiger partial charge < -0.3 is 10.3 Å². The summed E-state index contributed by atoms with van der Waals surface area (Å²) in [6.07, 6.45) is 0. The maximum atomic E-state index is 11.0. The van der Waals surface area contributed by atoms with E-state index in [-0.39, 0.29) is 11.4 Å². The van der Waals surface area contributed by atoms with Crippen LogP contribution in [0.3, 0.4) is 0 Å². The van der Waals surface area contributed by atoms with E-state index in [1.165, 1.54) is 6.07 Å². The van der Waals surface area contributed by atoms with Gasteiger partial charge in [0.05, 0.1) is 5.56 Å². The smallest absolute Gasteiger partial charge is 0.264 e. The van der Waals surface area contributed by atoms with Crippen molar-refractivity contribution >= 4 is 5.82 Å². The number of rotatable bonds is 2. The third-order valence-electron chi connectivity index (χ3n) is 2.69. The Hall–Kier alpha value is -2.89. The number of aromatic nitrogens is 3. The van der Waals surface area contributed by atoms with Crippen molar-refractivity contribution in [2.45, 2.75) is 0 Å². The number of benzene rings is 1. The van der Waals surface area contributed by atoms with Gasteiger partial charge in [0.15, 0.2) is 11.6 Å². The third kappa shape index (κ3) is 1.99. The number of nitrogens with zero attached hydrogens (tertiary/aromatic N) is 2. The summed E-state index contributed by atoms with van der Waals surface area (Å²) in [5.41, 5.74) is 7.58. The molecule has 0 aliphatic carbocycles. The Kier molecular flexibility index (Phi) is 2.60. The van der Waals surface area contributed by atoms with Gasteiger partial charge in [-0.25, -0.2) is 5.10 Å². The van der Waals surface area contributed by atoms with Crippen molar-refractivity contribution < 1.29 is 4.52 Å². The van der Waals surface area contributed by atoms with E-state index in [2.05, 4.69) is 15.4 Å². The minimum atomic E-state index is -0.280. The monoisotopic (exact) mass is 254 g/mol. The Balaban J connectivity index is 2.19. The van der Waals surface area contributed by atoms with Gasteiger partial charge in [-0.15, -0.1) is 0 Å². The molecule has 0 saturated heterocycles. The highest BCUT2D eigenvalue weighted by Gasteiger charge is 2.18. The molecule has 2 aromatic heterocycles. The zero-order valence-electron chi connectivity index (χ0n) is 9.83. The summed E-state index contributed by atoms with van der Waals surface area (Å²) in [4.78, 5) is 11.0. The molecule has 0 fully saturated rings. The molecule has 19 heavy (non-hydrogen) atoms. The second kappa shape index (κ2) is 4.41. The van der Waals surface area contributed by atoms with Crippen LogP contribution in [0.5, 0.6) is 0 Å². The third-order valence-corrected chi connectivity index (χ3v) is 2.69. The van der Waals surface area contributed by atoms with Crippen LogP contribution in [0.15, 0.2) is 51.8 Å². The van der Waals surface area contributed by atoms with Crippen LogP contribution < -0.4 is 11.3 Å². The topological polar surface area (TPSA) is 97.8 Å². The lowest BCUT2D eigenvalue weighted by atomic mass is 10.0. The molecule has 6 heteroatoms. The zero-order valence-corrected chi connectivity index (χ0v) is 9.83. The van der Waals surface area contributed by atoms with E-state index in [0.717, 1.165) is 5.56 Å². The van der Waals surface area contributed by atoms with Crippen LogP contribution >= 0.6 is 0 Å². The molecule has 0 amide bonds. The highest BCUT2D eigenvalue weighted by Crippen LogP contribution is 2.34. The highest BCUT2D eigenvalue weighted by atomic mass is 16.5. The number of nitrogens with one attached hydrogen (secondary N) is 1. The van der Waals surface area contributed by atoms with Crippen LogP contribution in [0.25, 0.3) is 22.6 Å². The van der Waals surface area contributed by atoms with Gasteiger partial charge in [-0.2, -0.15) is 5.10 Å². The molecule has 0 atom stereocenters. The molecule has 3 N–H and O–H groups in total. The van der Waals surface area contributed by atoms with Gasteiger partial charge in [0.25, 0.3) is 5.56 Å². The zero-order chi connectivity index (χ0) is 13.2. The van der Waals surface area contributed by atoms with Gasteiger partial charge in [-0.05, 0) is 11.6 Å². The predicted octanol–water partition coefficient (Wildman–Crippen LogP) is 1.67. The summed E-state index contributed by atoms with van der Waals surface area (Å²) in [7, 11) is 0. The maximum absolute atomic E-state index is 11.0. The van der Waals surface area contributed by atoms with Crippen molar-refractivity contribution in [2.75, 3.05) is 5.73 Å². The number of hydrogen-bond donors (Lipinski definition) is 2. The molecular formula is C13H10N4O2. The molecule has 0 saturated carbocycles. The average Bonchev–Trinajstić information content (AvgIpc) is 2.82. The first-order valence-corrected chi connectivity index (χ1v) is 5.62. The Labute approximate surface area is 107 Å². The lowest BCUT2D eigenvalue weighted by Gasteiger charge is -2.01. The number of anilines is 1. The van der Waals surface area contributed by atoms with Crippen LogP contribution in [0, 0.1) is 0 Å². The Bertz CT molecular complexity index is 741. The van der Waals surface area contributed by atoms with Crippen LogP contribution in [-0.4, -0.2) is 15.4 Å². The fourth-order valence-electron chi connectivity index (χ4n) is 1.83. The number of H-pyrrole nitrogens is 1. The van der Waals surface area contributed by atoms with Crippen molar-refractivity contribution in [3.63, 3.8) is 0 Å². The molecule has 1 aromatic carbocycles. The average molecular weight is 254 g/mol. The van der Waals surface area contributed by atoms with E-state index in [1.54, 1.807) is 6.07 Å². The van der Waals surface area contributed by atoms with Gasteiger partial charge in [0.2, 0.25) is 0 Å². The van der Waals surface area contributed by atoms with Crippen molar-refractivity contribution in [1.29, 1.82) is 0 Å². The van der Waals surface area contributed by atoms with E-state index in [4.69, 9.17) is 10.3 Å². The normalized spacial score (nSPS) is 10.5. The first-order valence-electron chi connectivity index (χ1n) is 5.62. The molecule has 0 aliphatic heterocycles. The van der Waals surface area contributed by atoms with E-state index in [1.807, 2.05) is 30.3 Å². The van der Waals surface area contributed by atoms with Crippen LogP contribution in [0.2, 0.25) is 0 Å². The lowest BCUT2D eigenvalue weighted by molar-refractivity contribution is 0.434. The Morgan fingerprint density at radius 1 is 1.11 bits per heavy atom. The molecule has 3 aromatic rings. The standard InChI is InChI=1S/C13H10N4O2/c14-13-11(8-4-2-1-3-5-8)12(19-17-13)9-6-7-10(18)16-15-9/h1-7H,(H2,14,17)(H,16,18). The first kappa shape index (κ1) is 11.2. The highest BCUT2D eigenvalue weighted by molar-refractivity contribution is 5.85. The minimum absolute atomic E-state index is 0.280. The van der Waals surface area contributed by atoms with Crippen LogP contribution in [0.1, 0.15) is 0 Å². The van der Waals surface area contributed by atoms with Gasteiger partial charge >= 0.3 is 0 Å². The summed E-state index contributed by atoms with van der Waals surface area (Å²) in [6, 6.07) is 12.4. The van der Waals surface area contributed by atoms with Gasteiger partial charge in [0.1, 0.15) is 5.69 Å². The summed E-state index contributed by atoms with van der Waals surface area (Å²) in [5.74, 6) is 0.717. The van der Waals surface area contributed by atoms with E-state index in [0.29, 0.717) is 17.0 Å². The number of nitrogens with two attached hydrogens (primary N) is 1. The molecule has 0 unspecified atom stereocenters. The lowest BCUT2D eigenvalue weighted by Crippen LogP contribution is -2.05. The van der Waals surface area contributed by atoms with Crippen LogP contribution in [0.4, 0.5) is 5.82 Å². The van der Waals surface area contributed by atoms with Crippen molar-refractivity contribution in [3.05, 3.63) is 52.8 Å². The molecule has 3 rings (SSSR count). The van der Waals surface area contributed by atoms with Gasteiger partial charge in [-0.1, -0.05) is 35.5 Å². The second-order valence-electron chi connectivity index (χ2n) is 3.94. The van der Waals surface area contributed by atoms with Crippen molar-refractivity contribution in [3.8, 4) is 22.6 Å². The fourth-order valence-corrected chi connectivity index (χ4v) is 1.83. The van der Waals surface area contributed by atoms with Crippen molar-refractivity contribution in [1.82, 2.24) is 15.4 Å². The molecule has 0 bridgehead atoms. The summed E-state index contributed by atoms with van der Waals surface area (Å²) < 4.78 is 5.22. The molecule has 0 aliphatic rings. The molecule has 0 radical (unpaired) electrons. The largest absolute Gasteiger partial charge is 0.380 e. The Morgan fingerprint density at radius 3 is 2.58 bits per heavy atom. The maximum Gasteiger partial charge on any atom is 0.264 e. The number of aromatic amines is 1. The SMILES string of the molecule is Nc1noc(-c2ccc(=O)[nH]n2)c1-c1ccccc1. The molecular weight excluding hydrogens is 244 g/mol. The van der Waals surface area contributed by atoms with Crippen molar-refractivity contribution in [2.24, 2.45) is 0 Å². The molecule has 6 nitrogen and oxygen atoms in total. The molecule has 2 heterocycles. The summed E-state index contributed by atoms with van der Waals surface area (Å²) in [5, 5.41) is 10.0. The van der Waals surface area contributed by atoms with Gasteiger partial charge in [0, 0.05) is 6.07 Å². The number of hydrogen-bond acceptors (Lipinski definition) is 5. The fraction of sp³-hybridized carbons (Fsp3) is 0.